The number of alkyl halides is 2. The summed E-state index contributed by atoms with van der Waals surface area (Å²) >= 11 is 0. The molecule has 23 heavy (non-hydrogen) atoms. The monoisotopic (exact) mass is 332 g/mol. The number of likely N-dealkylation sites (tertiary alicyclic amines) is 1. The van der Waals surface area contributed by atoms with Gasteiger partial charge in [0.1, 0.15) is 11.6 Å². The molecule has 1 heterocycles. The number of hydrogen-bond acceptors (Lipinski definition) is 2. The second kappa shape index (κ2) is 8.29. The molecule has 1 N–H and O–H groups in total. The number of amides is 1. The molecule has 3 nitrogen and oxygen atoms in total. The topological polar surface area (TPSA) is 32.3 Å². The third kappa shape index (κ3) is 5.82. The highest BCUT2D eigenvalue weighted by molar-refractivity contribution is 5.76. The lowest BCUT2D eigenvalue weighted by molar-refractivity contribution is -0.123. The Kier molecular flexibility index (Phi) is 6.38. The van der Waals surface area contributed by atoms with Crippen molar-refractivity contribution in [2.24, 2.45) is 5.92 Å². The Hall–Kier alpha value is -1.63. The van der Waals surface area contributed by atoms with Crippen molar-refractivity contribution in [3.05, 3.63) is 35.4 Å². The highest BCUT2D eigenvalue weighted by Gasteiger charge is 2.22. The number of halogens is 4. The summed E-state index contributed by atoms with van der Waals surface area (Å²) in [5, 5.41) is 2.21. The van der Waals surface area contributed by atoms with Gasteiger partial charge in [0, 0.05) is 24.6 Å². The fraction of sp³-hybridized carbons (Fsp3) is 0.562. The summed E-state index contributed by atoms with van der Waals surface area (Å²) in [6.07, 6.45) is -0.784. The van der Waals surface area contributed by atoms with Crippen molar-refractivity contribution in [3.63, 3.8) is 0 Å². The first-order chi connectivity index (χ1) is 10.9. The number of nitrogens with one attached hydrogen (secondary N) is 1. The molecule has 0 aliphatic carbocycles. The van der Waals surface area contributed by atoms with Crippen molar-refractivity contribution in [1.82, 2.24) is 10.2 Å². The van der Waals surface area contributed by atoms with Crippen molar-refractivity contribution in [2.45, 2.75) is 32.2 Å². The Bertz CT molecular complexity index is 531. The van der Waals surface area contributed by atoms with Gasteiger partial charge in [-0.3, -0.25) is 9.69 Å². The second-order valence-electron chi connectivity index (χ2n) is 5.85. The van der Waals surface area contributed by atoms with Gasteiger partial charge in [0.25, 0.3) is 6.43 Å². The SMILES string of the molecule is O=C(CC1CCN(Cc2ccc(F)cc2F)CC1)NCC(F)F. The first-order valence-corrected chi connectivity index (χ1v) is 7.65. The average molecular weight is 332 g/mol. The number of carbonyl (C=O) groups excluding carboxylic acids is 1. The molecular weight excluding hydrogens is 312 g/mol. The fourth-order valence-electron chi connectivity index (χ4n) is 2.76. The molecule has 0 atom stereocenters. The maximum absolute atomic E-state index is 13.6. The standard InChI is InChI=1S/C16H20F4N2O/c17-13-2-1-12(14(18)8-13)10-22-5-3-11(4-6-22)7-16(23)21-9-15(19)20/h1-2,8,11,15H,3-7,9-10H2,(H,21,23). The predicted octanol–water partition coefficient (Wildman–Crippen LogP) is 2.95. The molecule has 0 unspecified atom stereocenters. The van der Waals surface area contributed by atoms with Crippen LogP contribution >= 0.6 is 0 Å². The Balaban J connectivity index is 1.74. The molecule has 1 aromatic rings. The average Bonchev–Trinajstić information content (AvgIpc) is 2.50. The van der Waals surface area contributed by atoms with E-state index in [0.717, 1.165) is 18.9 Å². The normalized spacial score (nSPS) is 16.7. The van der Waals surface area contributed by atoms with Crippen LogP contribution < -0.4 is 5.32 Å². The zero-order valence-electron chi connectivity index (χ0n) is 12.7. The summed E-state index contributed by atoms with van der Waals surface area (Å²) in [7, 11) is 0. The minimum absolute atomic E-state index is 0.155. The van der Waals surface area contributed by atoms with E-state index < -0.39 is 24.6 Å². The zero-order valence-corrected chi connectivity index (χ0v) is 12.7. The van der Waals surface area contributed by atoms with E-state index in [0.29, 0.717) is 25.2 Å². The minimum Gasteiger partial charge on any atom is -0.350 e. The summed E-state index contributed by atoms with van der Waals surface area (Å²) in [5.74, 6) is -1.35. The third-order valence-electron chi connectivity index (χ3n) is 4.04. The molecule has 1 amide bonds. The molecule has 0 aromatic heterocycles. The van der Waals surface area contributed by atoms with Crippen LogP contribution in [0.2, 0.25) is 0 Å². The van der Waals surface area contributed by atoms with Crippen molar-refractivity contribution in [3.8, 4) is 0 Å². The molecular formula is C16H20F4N2O. The molecule has 0 saturated carbocycles. The molecule has 1 aliphatic heterocycles. The van der Waals surface area contributed by atoms with Crippen LogP contribution in [0.1, 0.15) is 24.8 Å². The molecule has 0 bridgehead atoms. The van der Waals surface area contributed by atoms with Crippen molar-refractivity contribution < 1.29 is 22.4 Å². The van der Waals surface area contributed by atoms with Gasteiger partial charge >= 0.3 is 0 Å². The molecule has 7 heteroatoms. The molecule has 2 rings (SSSR count). The first-order valence-electron chi connectivity index (χ1n) is 7.65. The number of nitrogens with zero attached hydrogens (tertiary/aromatic N) is 1. The van der Waals surface area contributed by atoms with Crippen LogP contribution in [0.5, 0.6) is 0 Å². The quantitative estimate of drug-likeness (QED) is 0.813. The highest BCUT2D eigenvalue weighted by Crippen LogP contribution is 2.22. The van der Waals surface area contributed by atoms with E-state index in [2.05, 4.69) is 5.32 Å². The highest BCUT2D eigenvalue weighted by atomic mass is 19.3. The maximum Gasteiger partial charge on any atom is 0.255 e. The van der Waals surface area contributed by atoms with Crippen LogP contribution in [0, 0.1) is 17.6 Å². The van der Waals surface area contributed by atoms with E-state index in [9.17, 15) is 22.4 Å². The number of benzene rings is 1. The van der Waals surface area contributed by atoms with Crippen LogP contribution in [-0.4, -0.2) is 36.9 Å². The van der Waals surface area contributed by atoms with Gasteiger partial charge in [-0.15, -0.1) is 0 Å². The summed E-state index contributed by atoms with van der Waals surface area (Å²) < 4.78 is 50.5. The molecule has 128 valence electrons. The Labute approximate surface area is 132 Å². The molecule has 1 saturated heterocycles. The summed E-state index contributed by atoms with van der Waals surface area (Å²) in [4.78, 5) is 13.6. The Morgan fingerprint density at radius 3 is 2.57 bits per heavy atom. The van der Waals surface area contributed by atoms with Crippen molar-refractivity contribution in [2.75, 3.05) is 19.6 Å². The second-order valence-corrected chi connectivity index (χ2v) is 5.85. The van der Waals surface area contributed by atoms with Gasteiger partial charge < -0.3 is 5.32 Å². The fourth-order valence-corrected chi connectivity index (χ4v) is 2.76. The van der Waals surface area contributed by atoms with Gasteiger partial charge in [-0.05, 0) is 37.9 Å². The van der Waals surface area contributed by atoms with Gasteiger partial charge in [-0.25, -0.2) is 17.6 Å². The minimum atomic E-state index is -2.54. The number of piperidine rings is 1. The number of rotatable bonds is 6. The zero-order chi connectivity index (χ0) is 16.8. The molecule has 1 aliphatic rings. The van der Waals surface area contributed by atoms with Gasteiger partial charge in [0.15, 0.2) is 0 Å². The summed E-state index contributed by atoms with van der Waals surface area (Å²) in [6.45, 7) is 1.19. The van der Waals surface area contributed by atoms with Crippen LogP contribution in [-0.2, 0) is 11.3 Å². The van der Waals surface area contributed by atoms with E-state index in [1.54, 1.807) is 0 Å². The van der Waals surface area contributed by atoms with Gasteiger partial charge in [-0.2, -0.15) is 0 Å². The van der Waals surface area contributed by atoms with Crippen molar-refractivity contribution in [1.29, 1.82) is 0 Å². The van der Waals surface area contributed by atoms with Crippen LogP contribution in [0.4, 0.5) is 17.6 Å². The largest absolute Gasteiger partial charge is 0.350 e. The first kappa shape index (κ1) is 17.7. The number of hydrogen-bond donors (Lipinski definition) is 1. The predicted molar refractivity (Wildman–Crippen MR) is 78.0 cm³/mol. The van der Waals surface area contributed by atoms with E-state index in [1.807, 2.05) is 4.90 Å². The molecule has 1 fully saturated rings. The Morgan fingerprint density at radius 2 is 1.96 bits per heavy atom. The molecule has 0 spiro atoms. The molecule has 1 aromatic carbocycles. The maximum atomic E-state index is 13.6. The smallest absolute Gasteiger partial charge is 0.255 e. The van der Waals surface area contributed by atoms with Gasteiger partial charge in [0.2, 0.25) is 5.91 Å². The van der Waals surface area contributed by atoms with Crippen LogP contribution in [0.25, 0.3) is 0 Å². The van der Waals surface area contributed by atoms with E-state index in [-0.39, 0.29) is 18.2 Å². The summed E-state index contributed by atoms with van der Waals surface area (Å²) in [5.41, 5.74) is 0.444. The van der Waals surface area contributed by atoms with Gasteiger partial charge in [0.05, 0.1) is 6.54 Å². The van der Waals surface area contributed by atoms with Crippen LogP contribution in [0.3, 0.4) is 0 Å². The number of carbonyl (C=O) groups is 1. The van der Waals surface area contributed by atoms with E-state index >= 15 is 0 Å². The lowest BCUT2D eigenvalue weighted by Crippen LogP contribution is -2.36. The molecule has 0 radical (unpaired) electrons. The summed E-state index contributed by atoms with van der Waals surface area (Å²) in [6, 6.07) is 3.54. The Morgan fingerprint density at radius 1 is 1.26 bits per heavy atom. The van der Waals surface area contributed by atoms with E-state index in [4.69, 9.17) is 0 Å². The lowest BCUT2D eigenvalue weighted by atomic mass is 9.93. The van der Waals surface area contributed by atoms with Crippen molar-refractivity contribution >= 4 is 5.91 Å². The third-order valence-corrected chi connectivity index (χ3v) is 4.04. The lowest BCUT2D eigenvalue weighted by Gasteiger charge is -2.31. The van der Waals surface area contributed by atoms with E-state index in [1.165, 1.54) is 12.1 Å². The van der Waals surface area contributed by atoms with Gasteiger partial charge in [-0.1, -0.05) is 6.07 Å². The van der Waals surface area contributed by atoms with Crippen LogP contribution in [0.15, 0.2) is 18.2 Å².